The third-order valence-corrected chi connectivity index (χ3v) is 4.01. The number of carbonyl (C=O) groups excluding carboxylic acids is 1. The van der Waals surface area contributed by atoms with Gasteiger partial charge in [-0.3, -0.25) is 0 Å². The average molecular weight is 314 g/mol. The van der Waals surface area contributed by atoms with Crippen molar-refractivity contribution in [2.45, 2.75) is 27.4 Å². The lowest BCUT2D eigenvalue weighted by Crippen LogP contribution is -2.11. The Labute approximate surface area is 137 Å². The SMILES string of the molecule is COC(=O)c1c(C)c(C)c(OCc2ccccc2)c(C)c1OC. The second-order valence-corrected chi connectivity index (χ2v) is 5.38. The summed E-state index contributed by atoms with van der Waals surface area (Å²) in [6, 6.07) is 9.95. The molecule has 0 heterocycles. The number of hydrogen-bond donors (Lipinski definition) is 0. The summed E-state index contributed by atoms with van der Waals surface area (Å²) in [6.07, 6.45) is 0. The lowest BCUT2D eigenvalue weighted by Gasteiger charge is -2.20. The Morgan fingerprint density at radius 1 is 0.913 bits per heavy atom. The molecule has 0 spiro atoms. The van der Waals surface area contributed by atoms with Gasteiger partial charge in [-0.2, -0.15) is 0 Å². The highest BCUT2D eigenvalue weighted by atomic mass is 16.5. The molecule has 0 aromatic heterocycles. The van der Waals surface area contributed by atoms with Crippen molar-refractivity contribution >= 4 is 5.97 Å². The second kappa shape index (κ2) is 7.18. The zero-order valence-corrected chi connectivity index (χ0v) is 14.2. The molecule has 0 aliphatic carbocycles. The molecule has 0 aliphatic rings. The summed E-state index contributed by atoms with van der Waals surface area (Å²) in [6.45, 7) is 6.16. The topological polar surface area (TPSA) is 44.8 Å². The Balaban J connectivity index is 2.44. The van der Waals surface area contributed by atoms with Gasteiger partial charge in [0, 0.05) is 5.56 Å². The molecule has 0 N–H and O–H groups in total. The quantitative estimate of drug-likeness (QED) is 0.783. The fourth-order valence-corrected chi connectivity index (χ4v) is 2.65. The highest BCUT2D eigenvalue weighted by Gasteiger charge is 2.24. The Morgan fingerprint density at radius 2 is 1.57 bits per heavy atom. The molecule has 122 valence electrons. The van der Waals surface area contributed by atoms with E-state index in [1.54, 1.807) is 7.11 Å². The minimum absolute atomic E-state index is 0.403. The van der Waals surface area contributed by atoms with E-state index in [1.807, 2.05) is 51.1 Å². The first-order valence-electron chi connectivity index (χ1n) is 7.44. The van der Waals surface area contributed by atoms with Crippen LogP contribution >= 0.6 is 0 Å². The molecule has 0 saturated heterocycles. The van der Waals surface area contributed by atoms with Crippen molar-refractivity contribution in [1.82, 2.24) is 0 Å². The average Bonchev–Trinajstić information content (AvgIpc) is 2.58. The number of esters is 1. The number of carbonyl (C=O) groups is 1. The zero-order chi connectivity index (χ0) is 17.0. The number of methoxy groups -OCH3 is 2. The largest absolute Gasteiger partial charge is 0.495 e. The Hall–Kier alpha value is -2.49. The summed E-state index contributed by atoms with van der Waals surface area (Å²) in [7, 11) is 2.91. The summed E-state index contributed by atoms with van der Waals surface area (Å²) >= 11 is 0. The molecule has 0 unspecified atom stereocenters. The van der Waals surface area contributed by atoms with Crippen LogP contribution in [0.2, 0.25) is 0 Å². The predicted octanol–water partition coefficient (Wildman–Crippen LogP) is 3.99. The standard InChI is InChI=1S/C19H22O4/c1-12-13(2)17(23-11-15-9-7-6-8-10-15)14(3)18(21-4)16(12)19(20)22-5/h6-10H,11H2,1-5H3. The van der Waals surface area contributed by atoms with Crippen LogP contribution in [0.25, 0.3) is 0 Å². The Kier molecular flexibility index (Phi) is 5.27. The minimum atomic E-state index is -0.403. The maximum atomic E-state index is 12.1. The van der Waals surface area contributed by atoms with Crippen LogP contribution in [-0.2, 0) is 11.3 Å². The fourth-order valence-electron chi connectivity index (χ4n) is 2.65. The van der Waals surface area contributed by atoms with Gasteiger partial charge in [-0.25, -0.2) is 4.79 Å². The van der Waals surface area contributed by atoms with Crippen molar-refractivity contribution in [1.29, 1.82) is 0 Å². The fraction of sp³-hybridized carbons (Fsp3) is 0.316. The molecular weight excluding hydrogens is 292 g/mol. The number of ether oxygens (including phenoxy) is 3. The minimum Gasteiger partial charge on any atom is -0.495 e. The van der Waals surface area contributed by atoms with Gasteiger partial charge in [0.2, 0.25) is 0 Å². The van der Waals surface area contributed by atoms with Crippen LogP contribution < -0.4 is 9.47 Å². The molecule has 0 radical (unpaired) electrons. The van der Waals surface area contributed by atoms with E-state index >= 15 is 0 Å². The van der Waals surface area contributed by atoms with E-state index in [0.29, 0.717) is 17.9 Å². The van der Waals surface area contributed by atoms with Gasteiger partial charge in [0.25, 0.3) is 0 Å². The molecule has 2 aromatic carbocycles. The molecule has 4 nitrogen and oxygen atoms in total. The molecule has 0 fully saturated rings. The van der Waals surface area contributed by atoms with E-state index in [9.17, 15) is 4.79 Å². The van der Waals surface area contributed by atoms with E-state index in [1.165, 1.54) is 7.11 Å². The Bertz CT molecular complexity index is 705. The zero-order valence-electron chi connectivity index (χ0n) is 14.2. The third-order valence-electron chi connectivity index (χ3n) is 4.01. The van der Waals surface area contributed by atoms with E-state index < -0.39 is 5.97 Å². The van der Waals surface area contributed by atoms with Crippen LogP contribution in [0, 0.1) is 20.8 Å². The summed E-state index contributed by atoms with van der Waals surface area (Å²) in [5.41, 5.74) is 4.06. The molecule has 0 aliphatic heterocycles. The highest BCUT2D eigenvalue weighted by molar-refractivity contribution is 5.95. The van der Waals surface area contributed by atoms with Gasteiger partial charge in [0.1, 0.15) is 23.7 Å². The van der Waals surface area contributed by atoms with E-state index in [0.717, 1.165) is 28.0 Å². The molecule has 0 amide bonds. The highest BCUT2D eigenvalue weighted by Crippen LogP contribution is 2.38. The van der Waals surface area contributed by atoms with E-state index in [-0.39, 0.29) is 0 Å². The van der Waals surface area contributed by atoms with Crippen molar-refractivity contribution in [2.24, 2.45) is 0 Å². The van der Waals surface area contributed by atoms with Crippen LogP contribution in [0.1, 0.15) is 32.6 Å². The number of rotatable bonds is 5. The monoisotopic (exact) mass is 314 g/mol. The Morgan fingerprint density at radius 3 is 2.13 bits per heavy atom. The molecule has 23 heavy (non-hydrogen) atoms. The van der Waals surface area contributed by atoms with E-state index in [4.69, 9.17) is 14.2 Å². The van der Waals surface area contributed by atoms with Crippen molar-refractivity contribution in [3.63, 3.8) is 0 Å². The lowest BCUT2D eigenvalue weighted by molar-refractivity contribution is 0.0595. The van der Waals surface area contributed by atoms with Crippen molar-refractivity contribution < 1.29 is 19.0 Å². The molecular formula is C19H22O4. The smallest absolute Gasteiger partial charge is 0.341 e. The van der Waals surface area contributed by atoms with Gasteiger partial charge in [-0.05, 0) is 37.5 Å². The van der Waals surface area contributed by atoms with Crippen LogP contribution in [-0.4, -0.2) is 20.2 Å². The first-order chi connectivity index (χ1) is 11.0. The summed E-state index contributed by atoms with van der Waals surface area (Å²) in [4.78, 5) is 12.1. The molecule has 2 aromatic rings. The third kappa shape index (κ3) is 3.31. The lowest BCUT2D eigenvalue weighted by atomic mass is 9.97. The van der Waals surface area contributed by atoms with Gasteiger partial charge >= 0.3 is 5.97 Å². The van der Waals surface area contributed by atoms with Crippen molar-refractivity contribution in [3.05, 3.63) is 58.1 Å². The number of benzene rings is 2. The molecule has 0 atom stereocenters. The summed E-state index contributed by atoms with van der Waals surface area (Å²) < 4.78 is 16.3. The maximum absolute atomic E-state index is 12.1. The van der Waals surface area contributed by atoms with Crippen LogP contribution in [0.5, 0.6) is 11.5 Å². The molecule has 4 heteroatoms. The van der Waals surface area contributed by atoms with Gasteiger partial charge in [-0.15, -0.1) is 0 Å². The van der Waals surface area contributed by atoms with Crippen LogP contribution in [0.4, 0.5) is 0 Å². The van der Waals surface area contributed by atoms with Crippen LogP contribution in [0.15, 0.2) is 30.3 Å². The van der Waals surface area contributed by atoms with Crippen LogP contribution in [0.3, 0.4) is 0 Å². The van der Waals surface area contributed by atoms with Gasteiger partial charge < -0.3 is 14.2 Å². The number of hydrogen-bond acceptors (Lipinski definition) is 4. The first kappa shape index (κ1) is 16.9. The van der Waals surface area contributed by atoms with Crippen molar-refractivity contribution in [2.75, 3.05) is 14.2 Å². The summed E-state index contributed by atoms with van der Waals surface area (Å²) in [5, 5.41) is 0. The maximum Gasteiger partial charge on any atom is 0.341 e. The normalized spacial score (nSPS) is 10.3. The first-order valence-corrected chi connectivity index (χ1v) is 7.44. The summed E-state index contributed by atoms with van der Waals surface area (Å²) in [5.74, 6) is 0.846. The van der Waals surface area contributed by atoms with Gasteiger partial charge in [0.05, 0.1) is 14.2 Å². The van der Waals surface area contributed by atoms with E-state index in [2.05, 4.69) is 0 Å². The predicted molar refractivity (Wildman–Crippen MR) is 89.3 cm³/mol. The molecule has 2 rings (SSSR count). The molecule has 0 bridgehead atoms. The van der Waals surface area contributed by atoms with Gasteiger partial charge in [-0.1, -0.05) is 30.3 Å². The van der Waals surface area contributed by atoms with Gasteiger partial charge in [0.15, 0.2) is 0 Å². The van der Waals surface area contributed by atoms with Crippen molar-refractivity contribution in [3.8, 4) is 11.5 Å². The second-order valence-electron chi connectivity index (χ2n) is 5.38. The molecule has 0 saturated carbocycles.